The monoisotopic (exact) mass is 491 g/mol. The largest absolute Gasteiger partial charge is 0.368 e. The zero-order chi connectivity index (χ0) is 24.4. The molecule has 5 nitrogen and oxygen atoms in total. The van der Waals surface area contributed by atoms with Gasteiger partial charge in [-0.1, -0.05) is 13.8 Å². The highest BCUT2D eigenvalue weighted by Crippen LogP contribution is 2.27. The smallest absolute Gasteiger partial charge is 0.140 e. The molecule has 0 aliphatic carbocycles. The van der Waals surface area contributed by atoms with E-state index in [4.69, 9.17) is 9.97 Å². The van der Waals surface area contributed by atoms with Gasteiger partial charge < -0.3 is 14.6 Å². The second-order valence-electron chi connectivity index (χ2n) is 9.65. The summed E-state index contributed by atoms with van der Waals surface area (Å²) in [6.07, 6.45) is 6.28. The van der Waals surface area contributed by atoms with E-state index in [0.29, 0.717) is 5.92 Å². The molecular formula is C28H34FN5S. The van der Waals surface area contributed by atoms with Gasteiger partial charge in [-0.3, -0.25) is 0 Å². The number of benzene rings is 1. The Morgan fingerprint density at radius 1 is 1.14 bits per heavy atom. The number of piperazine rings is 1. The van der Waals surface area contributed by atoms with E-state index < -0.39 is 0 Å². The van der Waals surface area contributed by atoms with Crippen molar-refractivity contribution < 1.29 is 4.39 Å². The number of aryl methyl sites for hydroxylation is 3. The number of rotatable bonds is 8. The number of nitrogens with one attached hydrogen (secondary N) is 1. The number of aromatic nitrogens is 3. The highest BCUT2D eigenvalue weighted by Gasteiger charge is 2.19. The minimum atomic E-state index is -0.216. The Hall–Kier alpha value is -2.77. The zero-order valence-corrected chi connectivity index (χ0v) is 21.7. The van der Waals surface area contributed by atoms with Gasteiger partial charge in [0.15, 0.2) is 0 Å². The number of thiazole rings is 1. The highest BCUT2D eigenvalue weighted by atomic mass is 32.1. The fourth-order valence-electron chi connectivity index (χ4n) is 4.96. The normalized spacial score (nSPS) is 15.1. The van der Waals surface area contributed by atoms with Gasteiger partial charge in [0.2, 0.25) is 0 Å². The molecule has 4 heterocycles. The quantitative estimate of drug-likeness (QED) is 0.344. The number of fused-ring (bicyclic) bond motifs is 1. The molecule has 7 heteroatoms. The third-order valence-electron chi connectivity index (χ3n) is 6.97. The third kappa shape index (κ3) is 5.26. The maximum Gasteiger partial charge on any atom is 0.140 e. The average Bonchev–Trinajstić information content (AvgIpc) is 3.49. The lowest BCUT2D eigenvalue weighted by atomic mass is 9.98. The van der Waals surface area contributed by atoms with E-state index in [1.165, 1.54) is 34.8 Å². The van der Waals surface area contributed by atoms with Gasteiger partial charge in [0.25, 0.3) is 0 Å². The molecule has 1 aliphatic heterocycles. The van der Waals surface area contributed by atoms with E-state index >= 15 is 0 Å². The Morgan fingerprint density at radius 2 is 1.91 bits per heavy atom. The van der Waals surface area contributed by atoms with Crippen molar-refractivity contribution >= 4 is 22.7 Å². The first-order valence-electron chi connectivity index (χ1n) is 12.7. The summed E-state index contributed by atoms with van der Waals surface area (Å²) >= 11 is 1.70. The van der Waals surface area contributed by atoms with Crippen molar-refractivity contribution in [2.45, 2.75) is 46.5 Å². The van der Waals surface area contributed by atoms with Crippen LogP contribution in [0.15, 0.2) is 41.9 Å². The van der Waals surface area contributed by atoms with Crippen LogP contribution in [0.4, 0.5) is 10.1 Å². The van der Waals surface area contributed by atoms with Gasteiger partial charge in [-0.05, 0) is 74.4 Å². The van der Waals surface area contributed by atoms with Crippen LogP contribution in [-0.2, 0) is 19.3 Å². The zero-order valence-electron chi connectivity index (χ0n) is 20.9. The van der Waals surface area contributed by atoms with Gasteiger partial charge in [0.05, 0.1) is 22.1 Å². The van der Waals surface area contributed by atoms with E-state index in [-0.39, 0.29) is 5.82 Å². The van der Waals surface area contributed by atoms with E-state index in [9.17, 15) is 4.39 Å². The maximum absolute atomic E-state index is 13.2. The highest BCUT2D eigenvalue weighted by molar-refractivity contribution is 7.09. The summed E-state index contributed by atoms with van der Waals surface area (Å²) in [5.74, 6) is 0.300. The molecular weight excluding hydrogens is 457 g/mol. The second-order valence-corrected chi connectivity index (χ2v) is 10.6. The van der Waals surface area contributed by atoms with Crippen molar-refractivity contribution in [1.29, 1.82) is 0 Å². The maximum atomic E-state index is 13.2. The summed E-state index contributed by atoms with van der Waals surface area (Å²) in [4.78, 5) is 12.3. The fourth-order valence-corrected chi connectivity index (χ4v) is 5.79. The van der Waals surface area contributed by atoms with Crippen molar-refractivity contribution in [2.24, 2.45) is 5.92 Å². The van der Waals surface area contributed by atoms with E-state index in [1.807, 2.05) is 0 Å². The Bertz CT molecular complexity index is 1290. The van der Waals surface area contributed by atoms with Crippen molar-refractivity contribution in [3.8, 4) is 11.3 Å². The number of hydrogen-bond donors (Lipinski definition) is 1. The summed E-state index contributed by atoms with van der Waals surface area (Å²) in [5, 5.41) is 6.66. The lowest BCUT2D eigenvalue weighted by Crippen LogP contribution is -2.43. The molecule has 5 rings (SSSR count). The predicted molar refractivity (Wildman–Crippen MR) is 143 cm³/mol. The molecule has 0 radical (unpaired) electrons. The van der Waals surface area contributed by atoms with Crippen LogP contribution >= 0.6 is 11.3 Å². The van der Waals surface area contributed by atoms with Crippen LogP contribution in [0.2, 0.25) is 0 Å². The molecule has 0 spiro atoms. The molecule has 1 aliphatic rings. The van der Waals surface area contributed by atoms with Crippen LogP contribution in [0.5, 0.6) is 0 Å². The van der Waals surface area contributed by atoms with E-state index in [1.54, 1.807) is 23.5 Å². The number of anilines is 1. The average molecular weight is 492 g/mol. The molecule has 4 aromatic rings. The molecule has 1 fully saturated rings. The molecule has 3 aromatic heterocycles. The molecule has 0 amide bonds. The van der Waals surface area contributed by atoms with Crippen molar-refractivity contribution in [3.63, 3.8) is 0 Å². The molecule has 184 valence electrons. The number of pyridine rings is 1. The van der Waals surface area contributed by atoms with Crippen molar-refractivity contribution in [3.05, 3.63) is 69.7 Å². The molecule has 1 saturated heterocycles. The van der Waals surface area contributed by atoms with Crippen LogP contribution in [0.3, 0.4) is 0 Å². The summed E-state index contributed by atoms with van der Waals surface area (Å²) in [6, 6.07) is 8.87. The van der Waals surface area contributed by atoms with Gasteiger partial charge in [0, 0.05) is 49.0 Å². The predicted octanol–water partition coefficient (Wildman–Crippen LogP) is 5.69. The van der Waals surface area contributed by atoms with E-state index in [2.05, 4.69) is 53.0 Å². The number of hydrogen-bond acceptors (Lipinski definition) is 5. The summed E-state index contributed by atoms with van der Waals surface area (Å²) in [7, 11) is 0. The molecule has 1 aromatic carbocycles. The number of halogens is 1. The third-order valence-corrected chi connectivity index (χ3v) is 7.88. The summed E-state index contributed by atoms with van der Waals surface area (Å²) in [6.45, 7) is 10.9. The van der Waals surface area contributed by atoms with E-state index in [0.717, 1.165) is 73.8 Å². The first kappa shape index (κ1) is 23.9. The molecule has 0 saturated carbocycles. The van der Waals surface area contributed by atoms with Gasteiger partial charge in [-0.15, -0.1) is 11.3 Å². The van der Waals surface area contributed by atoms with Gasteiger partial charge >= 0.3 is 0 Å². The second kappa shape index (κ2) is 10.5. The lowest BCUT2D eigenvalue weighted by molar-refractivity contribution is 0.519. The molecule has 1 unspecified atom stereocenters. The molecule has 1 atom stereocenters. The Labute approximate surface area is 211 Å². The SMILES string of the molecule is CCc1nc2c(C)cc(N3CCNCC3)cn2c1CC(C)CCc1nc(-c2ccc(F)cc2)cs1. The van der Waals surface area contributed by atoms with Crippen LogP contribution < -0.4 is 10.2 Å². The minimum Gasteiger partial charge on any atom is -0.368 e. The Kier molecular flexibility index (Phi) is 7.16. The van der Waals surface area contributed by atoms with Crippen molar-refractivity contribution in [2.75, 3.05) is 31.1 Å². The fraction of sp³-hybridized carbons (Fsp3) is 0.429. The first-order chi connectivity index (χ1) is 17.0. The van der Waals surface area contributed by atoms with Crippen molar-refractivity contribution in [1.82, 2.24) is 19.7 Å². The molecule has 0 bridgehead atoms. The minimum absolute atomic E-state index is 0.216. The molecule has 1 N–H and O–H groups in total. The topological polar surface area (TPSA) is 45.5 Å². The van der Waals surface area contributed by atoms with Crippen LogP contribution in [0.25, 0.3) is 16.9 Å². The summed E-state index contributed by atoms with van der Waals surface area (Å²) in [5.41, 5.74) is 8.09. The Morgan fingerprint density at radius 3 is 2.66 bits per heavy atom. The van der Waals surface area contributed by atoms with Crippen LogP contribution in [0.1, 0.15) is 42.2 Å². The number of nitrogens with zero attached hydrogens (tertiary/aromatic N) is 4. The van der Waals surface area contributed by atoms with Crippen LogP contribution in [-0.4, -0.2) is 40.5 Å². The van der Waals surface area contributed by atoms with Gasteiger partial charge in [-0.2, -0.15) is 0 Å². The van der Waals surface area contributed by atoms with Gasteiger partial charge in [0.1, 0.15) is 11.5 Å². The first-order valence-corrected chi connectivity index (χ1v) is 13.6. The van der Waals surface area contributed by atoms with Crippen LogP contribution in [0, 0.1) is 18.7 Å². The standard InChI is InChI=1S/C28H34FN5S/c1-4-24-26(34-17-23(16-20(3)28(34)32-24)33-13-11-30-12-14-33)15-19(2)5-10-27-31-25(18-35-27)21-6-8-22(29)9-7-21/h6-9,16-19,30H,4-5,10-15H2,1-3H3. The number of imidazole rings is 1. The summed E-state index contributed by atoms with van der Waals surface area (Å²) < 4.78 is 15.6. The Balaban J connectivity index is 1.31. The van der Waals surface area contributed by atoms with Gasteiger partial charge in [-0.25, -0.2) is 14.4 Å². The molecule has 35 heavy (non-hydrogen) atoms. The lowest BCUT2D eigenvalue weighted by Gasteiger charge is -2.29.